The van der Waals surface area contributed by atoms with Gasteiger partial charge >= 0.3 is 6.09 Å². The lowest BCUT2D eigenvalue weighted by Crippen LogP contribution is -2.40. The number of rotatable bonds is 6. The second-order valence-electron chi connectivity index (χ2n) is 5.63. The smallest absolute Gasteiger partial charge is 0.417 e. The second-order valence-corrected chi connectivity index (χ2v) is 5.63. The summed E-state index contributed by atoms with van der Waals surface area (Å²) >= 11 is 0. The van der Waals surface area contributed by atoms with E-state index in [0.29, 0.717) is 0 Å². The fourth-order valence-electron chi connectivity index (χ4n) is 2.59. The predicted octanol–water partition coefficient (Wildman–Crippen LogP) is 1.46. The van der Waals surface area contributed by atoms with Crippen LogP contribution in [0.3, 0.4) is 0 Å². The summed E-state index contributed by atoms with van der Waals surface area (Å²) in [5, 5.41) is 2.88. The van der Waals surface area contributed by atoms with Crippen LogP contribution in [0.2, 0.25) is 0 Å². The molecule has 1 aromatic carbocycles. The van der Waals surface area contributed by atoms with E-state index in [1.165, 1.54) is 0 Å². The average Bonchev–Trinajstić information content (AvgIpc) is 2.94. The van der Waals surface area contributed by atoms with Crippen LogP contribution in [0.1, 0.15) is 17.2 Å². The third-order valence-corrected chi connectivity index (χ3v) is 3.83. The summed E-state index contributed by atoms with van der Waals surface area (Å²) in [7, 11) is 0. The Morgan fingerprint density at radius 3 is 2.64 bits per heavy atom. The van der Waals surface area contributed by atoms with Gasteiger partial charge in [-0.1, -0.05) is 36.4 Å². The number of benzene rings is 1. The average molecular weight is 339 g/mol. The highest BCUT2D eigenvalue weighted by Crippen LogP contribution is 2.17. The number of imide groups is 1. The zero-order valence-corrected chi connectivity index (χ0v) is 13.4. The Morgan fingerprint density at radius 2 is 2.00 bits per heavy atom. The van der Waals surface area contributed by atoms with Crippen molar-refractivity contribution in [2.45, 2.75) is 12.5 Å². The largest absolute Gasteiger partial charge is 0.439 e. The van der Waals surface area contributed by atoms with E-state index in [1.54, 1.807) is 18.5 Å². The zero-order chi connectivity index (χ0) is 17.6. The molecule has 1 aliphatic rings. The van der Waals surface area contributed by atoms with Crippen molar-refractivity contribution >= 4 is 17.9 Å². The van der Waals surface area contributed by atoms with Crippen LogP contribution in [0, 0.1) is 0 Å². The highest BCUT2D eigenvalue weighted by molar-refractivity contribution is 5.97. The van der Waals surface area contributed by atoms with Gasteiger partial charge < -0.3 is 10.1 Å². The monoisotopic (exact) mass is 339 g/mol. The molecule has 2 heterocycles. The van der Waals surface area contributed by atoms with Gasteiger partial charge in [0, 0.05) is 12.4 Å². The summed E-state index contributed by atoms with van der Waals surface area (Å²) in [5.41, 5.74) is 1.58. The predicted molar refractivity (Wildman–Crippen MR) is 88.3 cm³/mol. The van der Waals surface area contributed by atoms with E-state index in [0.717, 1.165) is 16.0 Å². The van der Waals surface area contributed by atoms with Crippen LogP contribution in [-0.4, -0.2) is 40.9 Å². The van der Waals surface area contributed by atoms with Crippen molar-refractivity contribution in [1.82, 2.24) is 15.2 Å². The number of hydrogen-bond acceptors (Lipinski definition) is 5. The lowest BCUT2D eigenvalue weighted by molar-refractivity contribution is -0.127. The molecular formula is C18H17N3O4. The molecule has 1 unspecified atom stereocenters. The minimum absolute atomic E-state index is 0.0282. The van der Waals surface area contributed by atoms with Crippen molar-refractivity contribution in [2.24, 2.45) is 0 Å². The van der Waals surface area contributed by atoms with Gasteiger partial charge in [-0.2, -0.15) is 0 Å². The molecule has 7 nitrogen and oxygen atoms in total. The first-order valence-electron chi connectivity index (χ1n) is 7.84. The Kier molecular flexibility index (Phi) is 5.03. The first-order valence-corrected chi connectivity index (χ1v) is 7.84. The van der Waals surface area contributed by atoms with Gasteiger partial charge in [-0.25, -0.2) is 9.69 Å². The fourth-order valence-corrected chi connectivity index (χ4v) is 2.59. The zero-order valence-electron chi connectivity index (χ0n) is 13.4. The van der Waals surface area contributed by atoms with Crippen molar-refractivity contribution in [1.29, 1.82) is 0 Å². The van der Waals surface area contributed by atoms with Crippen molar-refractivity contribution < 1.29 is 19.1 Å². The normalized spacial score (nSPS) is 15.0. The molecule has 0 aliphatic carbocycles. The molecule has 128 valence electrons. The van der Waals surface area contributed by atoms with Crippen molar-refractivity contribution in [3.8, 4) is 0 Å². The minimum Gasteiger partial charge on any atom is -0.439 e. The molecule has 1 aliphatic heterocycles. The first kappa shape index (κ1) is 16.6. The first-order chi connectivity index (χ1) is 12.1. The van der Waals surface area contributed by atoms with E-state index in [4.69, 9.17) is 4.74 Å². The molecule has 0 bridgehead atoms. The van der Waals surface area contributed by atoms with E-state index < -0.39 is 18.0 Å². The highest BCUT2D eigenvalue weighted by Gasteiger charge is 2.33. The maximum atomic E-state index is 12.4. The quantitative estimate of drug-likeness (QED) is 0.861. The fraction of sp³-hybridized carbons (Fsp3) is 0.222. The van der Waals surface area contributed by atoms with Gasteiger partial charge in [-0.15, -0.1) is 0 Å². The van der Waals surface area contributed by atoms with Crippen LogP contribution in [0.5, 0.6) is 0 Å². The Morgan fingerprint density at radius 1 is 1.20 bits per heavy atom. The summed E-state index contributed by atoms with van der Waals surface area (Å²) in [5.74, 6) is -0.630. The van der Waals surface area contributed by atoms with E-state index in [2.05, 4.69) is 10.3 Å². The van der Waals surface area contributed by atoms with Crippen LogP contribution in [0.4, 0.5) is 4.79 Å². The van der Waals surface area contributed by atoms with E-state index in [-0.39, 0.29) is 25.5 Å². The molecule has 1 atom stereocenters. The van der Waals surface area contributed by atoms with Crippen molar-refractivity contribution in [2.75, 3.05) is 13.2 Å². The summed E-state index contributed by atoms with van der Waals surface area (Å²) in [6, 6.07) is 12.2. The molecule has 1 N–H and O–H groups in total. The number of carbonyl (C=O) groups excluding carboxylic acids is 3. The van der Waals surface area contributed by atoms with E-state index in [1.807, 2.05) is 36.4 Å². The Hall–Kier alpha value is -3.22. The number of cyclic esters (lactones) is 1. The van der Waals surface area contributed by atoms with Gasteiger partial charge in [0.2, 0.25) is 5.91 Å². The minimum atomic E-state index is -0.688. The molecule has 3 rings (SSSR count). The molecule has 25 heavy (non-hydrogen) atoms. The number of hydrogen-bond donors (Lipinski definition) is 1. The van der Waals surface area contributed by atoms with E-state index in [9.17, 15) is 14.4 Å². The van der Waals surface area contributed by atoms with Crippen molar-refractivity contribution in [3.05, 3.63) is 66.0 Å². The maximum absolute atomic E-state index is 12.4. The standard InChI is InChI=1S/C18H17N3O4/c22-16(9-13-5-4-8-19-10-13)20-15(14-6-2-1-3-7-14)11-21-17(23)12-25-18(21)24/h1-8,10,15H,9,11-12H2,(H,20,22). The number of amides is 3. The SMILES string of the molecule is O=C(Cc1cccnc1)NC(CN1C(=O)COC1=O)c1ccccc1. The third-order valence-electron chi connectivity index (χ3n) is 3.83. The molecular weight excluding hydrogens is 322 g/mol. The Bertz CT molecular complexity index is 748. The van der Waals surface area contributed by atoms with Crippen LogP contribution in [-0.2, 0) is 20.7 Å². The number of carbonyl (C=O) groups is 3. The molecule has 0 radical (unpaired) electrons. The molecule has 7 heteroatoms. The van der Waals surface area contributed by atoms with Crippen LogP contribution in [0.25, 0.3) is 0 Å². The van der Waals surface area contributed by atoms with Gasteiger partial charge in [0.05, 0.1) is 19.0 Å². The summed E-state index contributed by atoms with van der Waals surface area (Å²) in [4.78, 5) is 40.9. The van der Waals surface area contributed by atoms with Gasteiger partial charge in [0.15, 0.2) is 6.61 Å². The molecule has 0 spiro atoms. The molecule has 1 aromatic heterocycles. The van der Waals surface area contributed by atoms with Gasteiger partial charge in [-0.3, -0.25) is 14.6 Å². The summed E-state index contributed by atoms with van der Waals surface area (Å²) < 4.78 is 4.73. The topological polar surface area (TPSA) is 88.6 Å². The summed E-state index contributed by atoms with van der Waals surface area (Å²) in [6.07, 6.45) is 2.74. The lowest BCUT2D eigenvalue weighted by Gasteiger charge is -2.22. The number of aromatic nitrogens is 1. The molecule has 1 fully saturated rings. The number of nitrogens with zero attached hydrogens (tertiary/aromatic N) is 2. The second kappa shape index (κ2) is 7.57. The highest BCUT2D eigenvalue weighted by atomic mass is 16.6. The van der Waals surface area contributed by atoms with Crippen molar-refractivity contribution in [3.63, 3.8) is 0 Å². The molecule has 2 aromatic rings. The molecule has 3 amide bonds. The van der Waals surface area contributed by atoms with E-state index >= 15 is 0 Å². The van der Waals surface area contributed by atoms with Crippen LogP contribution >= 0.6 is 0 Å². The van der Waals surface area contributed by atoms with Gasteiger partial charge in [0.1, 0.15) is 0 Å². The van der Waals surface area contributed by atoms with Gasteiger partial charge in [0.25, 0.3) is 5.91 Å². The summed E-state index contributed by atoms with van der Waals surface area (Å²) in [6.45, 7) is -0.232. The Labute approximate surface area is 144 Å². The molecule has 0 saturated carbocycles. The number of nitrogens with one attached hydrogen (secondary N) is 1. The number of pyridine rings is 1. The maximum Gasteiger partial charge on any atom is 0.417 e. The molecule has 1 saturated heterocycles. The number of ether oxygens (including phenoxy) is 1. The lowest BCUT2D eigenvalue weighted by atomic mass is 10.1. The van der Waals surface area contributed by atoms with Crippen LogP contribution in [0.15, 0.2) is 54.9 Å². The Balaban J connectivity index is 1.73. The van der Waals surface area contributed by atoms with Crippen LogP contribution < -0.4 is 5.32 Å². The van der Waals surface area contributed by atoms with Gasteiger partial charge in [-0.05, 0) is 17.2 Å². The third kappa shape index (κ3) is 4.20.